The first-order valence-corrected chi connectivity index (χ1v) is 15.2. The molecule has 0 spiro atoms. The number of nitrogens with zero attached hydrogens (tertiary/aromatic N) is 3. The second-order valence-electron chi connectivity index (χ2n) is 10.9. The lowest BCUT2D eigenvalue weighted by atomic mass is 10.0. The summed E-state index contributed by atoms with van der Waals surface area (Å²) < 4.78 is 28.0. The minimum absolute atomic E-state index is 0.0675. The molecule has 1 heterocycles. The Morgan fingerprint density at radius 2 is 1.88 bits per heavy atom. The van der Waals surface area contributed by atoms with Crippen molar-refractivity contribution >= 4 is 30.0 Å². The standard InChI is InChI=1S/C31H50F2N6O3/c1-5-7-11-25-20-29(37(4)35-6-2)27(31(32)33)21-28(25)34-22-38(23-41)16-13-24(3)36-26-14-17-39(18-15-26)30(42)12-9-8-10-19-40/h19-21,23,26,31,34-36H,3,5-18,22H2,1-2,4H3. The predicted molar refractivity (Wildman–Crippen MR) is 164 cm³/mol. The number of aldehydes is 1. The molecule has 1 saturated heterocycles. The lowest BCUT2D eigenvalue weighted by Crippen LogP contribution is -2.44. The average Bonchev–Trinajstić information content (AvgIpc) is 2.98. The number of hydrogen-bond acceptors (Lipinski definition) is 7. The lowest BCUT2D eigenvalue weighted by Gasteiger charge is -2.33. The van der Waals surface area contributed by atoms with Gasteiger partial charge in [-0.2, -0.15) is 0 Å². The topological polar surface area (TPSA) is 97.0 Å². The van der Waals surface area contributed by atoms with E-state index in [2.05, 4.69) is 29.6 Å². The monoisotopic (exact) mass is 592 g/mol. The van der Waals surface area contributed by atoms with E-state index < -0.39 is 6.43 Å². The number of hydrazine groups is 1. The van der Waals surface area contributed by atoms with Crippen LogP contribution in [-0.2, 0) is 20.8 Å². The van der Waals surface area contributed by atoms with Crippen LogP contribution in [0.2, 0.25) is 0 Å². The molecule has 0 bridgehead atoms. The smallest absolute Gasteiger partial charge is 0.265 e. The molecule has 1 aliphatic rings. The summed E-state index contributed by atoms with van der Waals surface area (Å²) in [4.78, 5) is 38.1. The van der Waals surface area contributed by atoms with Crippen LogP contribution in [0.25, 0.3) is 0 Å². The first-order chi connectivity index (χ1) is 20.2. The molecule has 1 aliphatic heterocycles. The van der Waals surface area contributed by atoms with Crippen molar-refractivity contribution in [1.82, 2.24) is 20.5 Å². The minimum Gasteiger partial charge on any atom is -0.386 e. The van der Waals surface area contributed by atoms with Gasteiger partial charge in [-0.1, -0.05) is 26.8 Å². The number of piperidine rings is 1. The van der Waals surface area contributed by atoms with Crippen LogP contribution in [-0.4, -0.2) is 74.3 Å². The first-order valence-electron chi connectivity index (χ1n) is 15.2. The number of aryl methyl sites for hydroxylation is 1. The Kier molecular flexibility index (Phi) is 15.9. The van der Waals surface area contributed by atoms with E-state index in [9.17, 15) is 23.2 Å². The van der Waals surface area contributed by atoms with Crippen molar-refractivity contribution in [3.05, 3.63) is 35.5 Å². The molecule has 0 radical (unpaired) electrons. The lowest BCUT2D eigenvalue weighted by molar-refractivity contribution is -0.132. The summed E-state index contributed by atoms with van der Waals surface area (Å²) in [5.41, 5.74) is 5.82. The van der Waals surface area contributed by atoms with Crippen LogP contribution in [0.15, 0.2) is 24.4 Å². The molecule has 1 aromatic carbocycles. The molecule has 0 aliphatic carbocycles. The summed E-state index contributed by atoms with van der Waals surface area (Å²) in [5.74, 6) is 0.144. The van der Waals surface area contributed by atoms with Gasteiger partial charge in [0.05, 0.1) is 12.4 Å². The van der Waals surface area contributed by atoms with Crippen molar-refractivity contribution in [1.29, 1.82) is 0 Å². The number of hydrogen-bond donors (Lipinski definition) is 3. The third-order valence-corrected chi connectivity index (χ3v) is 7.58. The average molecular weight is 593 g/mol. The molecule has 42 heavy (non-hydrogen) atoms. The molecule has 11 heteroatoms. The van der Waals surface area contributed by atoms with Gasteiger partial charge in [0.1, 0.15) is 6.29 Å². The normalized spacial score (nSPS) is 13.6. The Morgan fingerprint density at radius 3 is 2.50 bits per heavy atom. The number of carbonyl (C=O) groups is 3. The molecule has 2 rings (SSSR count). The summed E-state index contributed by atoms with van der Waals surface area (Å²) in [5, 5.41) is 8.30. The zero-order valence-electron chi connectivity index (χ0n) is 25.6. The summed E-state index contributed by atoms with van der Waals surface area (Å²) in [6, 6.07) is 3.53. The fourth-order valence-corrected chi connectivity index (χ4v) is 5.10. The molecule has 0 saturated carbocycles. The highest BCUT2D eigenvalue weighted by Gasteiger charge is 2.23. The molecular weight excluding hydrogens is 542 g/mol. The summed E-state index contributed by atoms with van der Waals surface area (Å²) in [6.45, 7) is 10.7. The molecule has 236 valence electrons. The minimum atomic E-state index is -2.64. The highest BCUT2D eigenvalue weighted by atomic mass is 19.3. The van der Waals surface area contributed by atoms with E-state index in [-0.39, 0.29) is 24.2 Å². The van der Waals surface area contributed by atoms with Crippen LogP contribution in [0.1, 0.15) is 89.2 Å². The number of anilines is 2. The molecular formula is C31H50F2N6O3. The number of alkyl halides is 2. The summed E-state index contributed by atoms with van der Waals surface area (Å²) in [6.07, 6.45) is 6.30. The third-order valence-electron chi connectivity index (χ3n) is 7.58. The van der Waals surface area contributed by atoms with E-state index in [0.717, 1.165) is 68.9 Å². The van der Waals surface area contributed by atoms with Crippen LogP contribution in [0.3, 0.4) is 0 Å². The van der Waals surface area contributed by atoms with Gasteiger partial charge in [0, 0.05) is 75.5 Å². The van der Waals surface area contributed by atoms with Crippen molar-refractivity contribution in [2.24, 2.45) is 0 Å². The van der Waals surface area contributed by atoms with Gasteiger partial charge in [-0.15, -0.1) is 0 Å². The number of nitrogens with one attached hydrogen (secondary N) is 3. The Hall–Kier alpha value is -3.21. The first kappa shape index (κ1) is 35.0. The Balaban J connectivity index is 1.89. The predicted octanol–water partition coefficient (Wildman–Crippen LogP) is 5.00. The highest BCUT2D eigenvalue weighted by molar-refractivity contribution is 5.76. The highest BCUT2D eigenvalue weighted by Crippen LogP contribution is 2.34. The summed E-state index contributed by atoms with van der Waals surface area (Å²) in [7, 11) is 1.74. The van der Waals surface area contributed by atoms with E-state index >= 15 is 0 Å². The zero-order valence-corrected chi connectivity index (χ0v) is 25.6. The molecule has 1 fully saturated rings. The number of unbranched alkanes of at least 4 members (excludes halogenated alkanes) is 3. The van der Waals surface area contributed by atoms with E-state index in [0.29, 0.717) is 56.8 Å². The van der Waals surface area contributed by atoms with Gasteiger partial charge in [-0.05, 0) is 56.2 Å². The molecule has 9 nitrogen and oxygen atoms in total. The van der Waals surface area contributed by atoms with Crippen molar-refractivity contribution in [3.63, 3.8) is 0 Å². The van der Waals surface area contributed by atoms with Gasteiger partial charge < -0.3 is 30.2 Å². The molecule has 0 aromatic heterocycles. The maximum absolute atomic E-state index is 14.0. The van der Waals surface area contributed by atoms with E-state index in [1.54, 1.807) is 17.0 Å². The summed E-state index contributed by atoms with van der Waals surface area (Å²) >= 11 is 0. The second kappa shape index (κ2) is 19.1. The van der Waals surface area contributed by atoms with Gasteiger partial charge in [-0.25, -0.2) is 14.2 Å². The maximum Gasteiger partial charge on any atom is 0.265 e. The van der Waals surface area contributed by atoms with Gasteiger partial charge in [0.15, 0.2) is 0 Å². The Labute approximate surface area is 250 Å². The van der Waals surface area contributed by atoms with Crippen molar-refractivity contribution in [3.8, 4) is 0 Å². The Bertz CT molecular complexity index is 1000. The number of carbonyl (C=O) groups excluding carboxylic acids is 3. The van der Waals surface area contributed by atoms with Crippen LogP contribution in [0.5, 0.6) is 0 Å². The second-order valence-corrected chi connectivity index (χ2v) is 10.9. The van der Waals surface area contributed by atoms with Gasteiger partial charge in [0.25, 0.3) is 6.43 Å². The Morgan fingerprint density at radius 1 is 1.14 bits per heavy atom. The molecule has 2 amide bonds. The molecule has 1 aromatic rings. The molecule has 0 unspecified atom stereocenters. The van der Waals surface area contributed by atoms with Crippen LogP contribution >= 0.6 is 0 Å². The van der Waals surface area contributed by atoms with E-state index in [4.69, 9.17) is 0 Å². The van der Waals surface area contributed by atoms with Crippen molar-refractivity contribution in [2.75, 3.05) is 50.2 Å². The SMILES string of the molecule is C=C(CCN(C=O)CNc1cc(C(F)F)c(N(C)NCC)cc1CCCC)NC1CCN(C(=O)CCCCC=O)CC1. The number of likely N-dealkylation sites (tertiary alicyclic amines) is 1. The zero-order chi connectivity index (χ0) is 30.9. The van der Waals surface area contributed by atoms with Gasteiger partial charge in [-0.3, -0.25) is 9.59 Å². The van der Waals surface area contributed by atoms with Crippen molar-refractivity contribution < 1.29 is 23.2 Å². The third kappa shape index (κ3) is 11.6. The fraction of sp³-hybridized carbons (Fsp3) is 0.645. The van der Waals surface area contributed by atoms with E-state index in [1.807, 2.05) is 17.9 Å². The van der Waals surface area contributed by atoms with Crippen LogP contribution < -0.4 is 21.1 Å². The number of halogens is 2. The largest absolute Gasteiger partial charge is 0.386 e. The quantitative estimate of drug-likeness (QED) is 0.0800. The van der Waals surface area contributed by atoms with Crippen molar-refractivity contribution in [2.45, 2.75) is 90.5 Å². The molecule has 3 N–H and O–H groups in total. The number of benzene rings is 1. The number of rotatable bonds is 21. The number of amides is 2. The fourth-order valence-electron chi connectivity index (χ4n) is 5.10. The molecule has 0 atom stereocenters. The van der Waals surface area contributed by atoms with Crippen LogP contribution in [0, 0.1) is 0 Å². The maximum atomic E-state index is 14.0. The van der Waals surface area contributed by atoms with Gasteiger partial charge in [0.2, 0.25) is 12.3 Å². The van der Waals surface area contributed by atoms with Gasteiger partial charge >= 0.3 is 0 Å². The van der Waals surface area contributed by atoms with Crippen LogP contribution in [0.4, 0.5) is 20.2 Å². The van der Waals surface area contributed by atoms with E-state index in [1.165, 1.54) is 6.07 Å².